The van der Waals surface area contributed by atoms with Crippen molar-refractivity contribution in [3.8, 4) is 28.1 Å². The molecule has 6 rings (SSSR count). The highest BCUT2D eigenvalue weighted by Gasteiger charge is 2.60. The van der Waals surface area contributed by atoms with Crippen molar-refractivity contribution < 1.29 is 40.6 Å². The maximum atomic E-state index is 14.9. The summed E-state index contributed by atoms with van der Waals surface area (Å²) in [7, 11) is -3.37. The third kappa shape index (κ3) is 5.13. The molecule has 0 radical (unpaired) electrons. The molecule has 1 aromatic heterocycles. The van der Waals surface area contributed by atoms with E-state index in [2.05, 4.69) is 4.98 Å². The van der Waals surface area contributed by atoms with Gasteiger partial charge in [0.1, 0.15) is 12.4 Å². The van der Waals surface area contributed by atoms with Crippen LogP contribution in [0.25, 0.3) is 22.3 Å². The molecule has 3 aromatic carbocycles. The first kappa shape index (κ1) is 27.9. The molecule has 3 unspecified atom stereocenters. The molecular weight excluding hydrogens is 574 g/mol. The zero-order chi connectivity index (χ0) is 30.0. The summed E-state index contributed by atoms with van der Waals surface area (Å²) in [6, 6.07) is 15.6. The van der Waals surface area contributed by atoms with Gasteiger partial charge in [0.25, 0.3) is 0 Å². The second-order valence-corrected chi connectivity index (χ2v) is 12.6. The number of alkyl halides is 3. The molecule has 1 fully saturated rings. The Morgan fingerprint density at radius 1 is 1.00 bits per heavy atom. The molecule has 2 aliphatic rings. The van der Waals surface area contributed by atoms with E-state index in [1.165, 1.54) is 24.3 Å². The molecular formula is C31H23F4NO5S. The first-order valence-corrected chi connectivity index (χ1v) is 14.9. The number of fused-ring (bicyclic) bond motifs is 3. The molecule has 216 valence electrons. The van der Waals surface area contributed by atoms with Gasteiger partial charge < -0.3 is 9.84 Å². The van der Waals surface area contributed by atoms with Gasteiger partial charge in [-0.3, -0.25) is 4.79 Å². The topological polar surface area (TPSA) is 93.6 Å². The Hall–Kier alpha value is -4.25. The molecule has 1 N–H and O–H groups in total. The van der Waals surface area contributed by atoms with Crippen LogP contribution in [0.3, 0.4) is 0 Å². The van der Waals surface area contributed by atoms with Crippen LogP contribution in [0.2, 0.25) is 0 Å². The predicted molar refractivity (Wildman–Crippen MR) is 145 cm³/mol. The van der Waals surface area contributed by atoms with Gasteiger partial charge in [-0.1, -0.05) is 36.4 Å². The van der Waals surface area contributed by atoms with Gasteiger partial charge in [-0.25, -0.2) is 17.8 Å². The smallest absolute Gasteiger partial charge is 0.417 e. The van der Waals surface area contributed by atoms with Gasteiger partial charge in [0.15, 0.2) is 9.84 Å². The van der Waals surface area contributed by atoms with Crippen molar-refractivity contribution in [3.05, 3.63) is 101 Å². The number of aromatic nitrogens is 1. The Bertz CT molecular complexity index is 1820. The summed E-state index contributed by atoms with van der Waals surface area (Å²) >= 11 is 0. The highest BCUT2D eigenvalue weighted by Crippen LogP contribution is 2.61. The summed E-state index contributed by atoms with van der Waals surface area (Å²) in [6.07, 6.45) is -1.58. The predicted octanol–water partition coefficient (Wildman–Crippen LogP) is 6.53. The summed E-state index contributed by atoms with van der Waals surface area (Å²) < 4.78 is 85.7. The maximum Gasteiger partial charge on any atom is 0.417 e. The lowest BCUT2D eigenvalue weighted by atomic mass is 9.94. The fraction of sp³-hybridized carbons (Fsp3) is 0.226. The number of sulfone groups is 1. The molecule has 11 heteroatoms. The molecule has 0 spiro atoms. The molecule has 1 saturated carbocycles. The van der Waals surface area contributed by atoms with Crippen molar-refractivity contribution in [2.45, 2.75) is 30.0 Å². The van der Waals surface area contributed by atoms with Crippen LogP contribution in [0.4, 0.5) is 17.6 Å². The van der Waals surface area contributed by atoms with Gasteiger partial charge >= 0.3 is 12.1 Å². The number of rotatable bonds is 7. The first-order valence-electron chi connectivity index (χ1n) is 13.0. The van der Waals surface area contributed by atoms with Gasteiger partial charge in [0, 0.05) is 30.0 Å². The molecule has 0 aliphatic heterocycles. The molecule has 3 atom stereocenters. The number of pyridine rings is 1. The minimum atomic E-state index is -4.81. The summed E-state index contributed by atoms with van der Waals surface area (Å²) in [5.41, 5.74) is 1.88. The van der Waals surface area contributed by atoms with Crippen LogP contribution in [0.1, 0.15) is 28.2 Å². The van der Waals surface area contributed by atoms with Crippen LogP contribution in [0.5, 0.6) is 5.88 Å². The van der Waals surface area contributed by atoms with E-state index >= 15 is 0 Å². The van der Waals surface area contributed by atoms with Gasteiger partial charge in [-0.2, -0.15) is 13.2 Å². The minimum absolute atomic E-state index is 0.0303. The number of carboxylic acid groups (broad SMARTS) is 1. The highest BCUT2D eigenvalue weighted by molar-refractivity contribution is 7.90. The zero-order valence-corrected chi connectivity index (χ0v) is 22.8. The number of halogens is 4. The Balaban J connectivity index is 1.25. The Kier molecular flexibility index (Phi) is 6.60. The van der Waals surface area contributed by atoms with E-state index < -0.39 is 39.3 Å². The van der Waals surface area contributed by atoms with Crippen LogP contribution in [-0.2, 0) is 33.8 Å². The van der Waals surface area contributed by atoms with E-state index in [4.69, 9.17) is 4.74 Å². The normalized spacial score (nSPS) is 19.2. The van der Waals surface area contributed by atoms with E-state index in [0.29, 0.717) is 23.6 Å². The van der Waals surface area contributed by atoms with E-state index in [0.717, 1.165) is 23.4 Å². The largest absolute Gasteiger partial charge is 0.481 e. The number of aliphatic carboxylic acids is 1. The van der Waals surface area contributed by atoms with Gasteiger partial charge in [-0.05, 0) is 70.0 Å². The van der Waals surface area contributed by atoms with Crippen molar-refractivity contribution in [3.63, 3.8) is 0 Å². The van der Waals surface area contributed by atoms with Crippen LogP contribution >= 0.6 is 0 Å². The van der Waals surface area contributed by atoms with E-state index in [1.54, 1.807) is 36.5 Å². The first-order chi connectivity index (χ1) is 19.8. The number of benzene rings is 3. The summed E-state index contributed by atoms with van der Waals surface area (Å²) in [4.78, 5) is 15.7. The van der Waals surface area contributed by atoms with E-state index in [9.17, 15) is 35.9 Å². The van der Waals surface area contributed by atoms with Crippen LogP contribution in [-0.4, -0.2) is 30.7 Å². The molecule has 0 bridgehead atoms. The van der Waals surface area contributed by atoms with E-state index in [1.807, 2.05) is 0 Å². The number of hydrogen-bond donors (Lipinski definition) is 1. The van der Waals surface area contributed by atoms with Crippen molar-refractivity contribution in [1.29, 1.82) is 0 Å². The third-order valence-electron chi connectivity index (χ3n) is 7.95. The molecule has 6 nitrogen and oxygen atoms in total. The minimum Gasteiger partial charge on any atom is -0.481 e. The van der Waals surface area contributed by atoms with Gasteiger partial charge in [-0.15, -0.1) is 0 Å². The molecule has 0 amide bonds. The molecule has 2 aliphatic carbocycles. The van der Waals surface area contributed by atoms with Crippen LogP contribution in [0, 0.1) is 17.7 Å². The molecule has 0 saturated heterocycles. The second-order valence-electron chi connectivity index (χ2n) is 10.6. The molecule has 4 aromatic rings. The Morgan fingerprint density at radius 3 is 2.21 bits per heavy atom. The number of ether oxygens (including phenoxy) is 1. The van der Waals surface area contributed by atoms with E-state index in [-0.39, 0.29) is 45.9 Å². The lowest BCUT2D eigenvalue weighted by Gasteiger charge is -2.17. The van der Waals surface area contributed by atoms with Gasteiger partial charge in [0.05, 0.1) is 16.4 Å². The number of hydrogen-bond acceptors (Lipinski definition) is 5. The Labute approximate surface area is 238 Å². The fourth-order valence-electron chi connectivity index (χ4n) is 5.77. The lowest BCUT2D eigenvalue weighted by Crippen LogP contribution is -2.10. The third-order valence-corrected chi connectivity index (χ3v) is 9.08. The van der Waals surface area contributed by atoms with Gasteiger partial charge in [0.2, 0.25) is 5.88 Å². The standard InChI is InChI=1S/C31H23F4NO5S/c1-42(39,40)21-8-6-17(7-9-21)16-2-4-18(5-3-16)22-11-20(26(32)13-25(22)31(33,34)35)15-41-27-12-19-10-23-28(24(19)14-36-27)29(23)30(37)38/h2-9,11-14,23,28-29H,10,15H2,1H3,(H,37,38). The molecule has 1 heterocycles. The SMILES string of the molecule is CS(=O)(=O)c1ccc(-c2ccc(-c3cc(COc4cc5c(cn4)C4C(C5)C4C(=O)O)c(F)cc3C(F)(F)F)cc2)cc1. The van der Waals surface area contributed by atoms with Crippen LogP contribution in [0.15, 0.2) is 77.8 Å². The second kappa shape index (κ2) is 9.94. The number of carbonyl (C=O) groups is 1. The highest BCUT2D eigenvalue weighted by atomic mass is 32.2. The lowest BCUT2D eigenvalue weighted by molar-refractivity contribution is -0.139. The average Bonchev–Trinajstić information content (AvgIpc) is 3.53. The van der Waals surface area contributed by atoms with Crippen molar-refractivity contribution in [2.24, 2.45) is 11.8 Å². The quantitative estimate of drug-likeness (QED) is 0.244. The number of carboxylic acids is 1. The maximum absolute atomic E-state index is 14.9. The fourth-order valence-corrected chi connectivity index (χ4v) is 6.41. The van der Waals surface area contributed by atoms with Crippen LogP contribution < -0.4 is 4.74 Å². The summed E-state index contributed by atoms with van der Waals surface area (Å²) in [5, 5.41) is 9.28. The summed E-state index contributed by atoms with van der Waals surface area (Å²) in [6.45, 7) is -0.363. The van der Waals surface area contributed by atoms with Crippen molar-refractivity contribution in [2.75, 3.05) is 6.26 Å². The zero-order valence-electron chi connectivity index (χ0n) is 22.0. The van der Waals surface area contributed by atoms with Crippen molar-refractivity contribution in [1.82, 2.24) is 4.98 Å². The Morgan fingerprint density at radius 2 is 1.62 bits per heavy atom. The summed E-state index contributed by atoms with van der Waals surface area (Å²) in [5.74, 6) is -2.16. The molecule has 42 heavy (non-hydrogen) atoms. The van der Waals surface area contributed by atoms with Crippen molar-refractivity contribution >= 4 is 15.8 Å². The number of nitrogens with zero attached hydrogens (tertiary/aromatic N) is 1. The average molecular weight is 598 g/mol. The monoisotopic (exact) mass is 597 g/mol.